The minimum Gasteiger partial charge on any atom is -0.340 e. The summed E-state index contributed by atoms with van der Waals surface area (Å²) in [4.78, 5) is 11.6. The van der Waals surface area contributed by atoms with Gasteiger partial charge in [0.15, 0.2) is 0 Å². The third-order valence-corrected chi connectivity index (χ3v) is 2.33. The van der Waals surface area contributed by atoms with E-state index in [1.165, 1.54) is 0 Å². The predicted molar refractivity (Wildman–Crippen MR) is 62.5 cm³/mol. The first-order valence-electron chi connectivity index (χ1n) is 5.36. The average molecular weight is 216 g/mol. The Morgan fingerprint density at radius 3 is 2.50 bits per heavy atom. The van der Waals surface area contributed by atoms with Gasteiger partial charge in [0.1, 0.15) is 6.04 Å². The first kappa shape index (κ1) is 12.3. The molecule has 1 amide bonds. The number of carbonyl (C=O) groups excluding carboxylic acids is 1. The van der Waals surface area contributed by atoms with E-state index in [4.69, 9.17) is 5.26 Å². The third kappa shape index (κ3) is 3.74. The molecule has 84 valence electrons. The first-order valence-corrected chi connectivity index (χ1v) is 5.36. The number of carbonyl (C=O) groups is 1. The Labute approximate surface area is 96.1 Å². The zero-order valence-corrected chi connectivity index (χ0v) is 9.60. The lowest BCUT2D eigenvalue weighted by atomic mass is 10.1. The van der Waals surface area contributed by atoms with Crippen LogP contribution in [0.2, 0.25) is 0 Å². The Kier molecular flexibility index (Phi) is 4.53. The maximum absolute atomic E-state index is 11.6. The highest BCUT2D eigenvalue weighted by Crippen LogP contribution is 2.03. The van der Waals surface area contributed by atoms with E-state index in [0.717, 1.165) is 5.56 Å². The van der Waals surface area contributed by atoms with Gasteiger partial charge in [-0.15, -0.1) is 0 Å². The molecule has 0 aliphatic rings. The highest BCUT2D eigenvalue weighted by molar-refractivity contribution is 5.79. The van der Waals surface area contributed by atoms with E-state index in [1.807, 2.05) is 44.2 Å². The van der Waals surface area contributed by atoms with Gasteiger partial charge < -0.3 is 5.32 Å². The molecule has 0 saturated heterocycles. The van der Waals surface area contributed by atoms with Crippen molar-refractivity contribution in [1.82, 2.24) is 5.32 Å². The molecule has 1 aromatic carbocycles. The summed E-state index contributed by atoms with van der Waals surface area (Å²) in [5.74, 6) is 0.0242. The van der Waals surface area contributed by atoms with Crippen LogP contribution < -0.4 is 5.32 Å². The second kappa shape index (κ2) is 5.92. The van der Waals surface area contributed by atoms with Gasteiger partial charge in [-0.25, -0.2) is 0 Å². The largest absolute Gasteiger partial charge is 0.340 e. The van der Waals surface area contributed by atoms with Gasteiger partial charge >= 0.3 is 0 Å². The van der Waals surface area contributed by atoms with Gasteiger partial charge in [-0.05, 0) is 11.5 Å². The predicted octanol–water partition coefficient (Wildman–Crippen LogP) is 1.89. The minimum atomic E-state index is -0.406. The van der Waals surface area contributed by atoms with Crippen LogP contribution in [0.5, 0.6) is 0 Å². The van der Waals surface area contributed by atoms with Crippen LogP contribution in [-0.4, -0.2) is 11.9 Å². The topological polar surface area (TPSA) is 52.9 Å². The number of amides is 1. The van der Waals surface area contributed by atoms with Crippen molar-refractivity contribution in [2.75, 3.05) is 0 Å². The summed E-state index contributed by atoms with van der Waals surface area (Å²) >= 11 is 0. The number of hydrogen-bond donors (Lipinski definition) is 1. The van der Waals surface area contributed by atoms with Crippen LogP contribution in [0.25, 0.3) is 0 Å². The summed E-state index contributed by atoms with van der Waals surface area (Å²) in [7, 11) is 0. The van der Waals surface area contributed by atoms with Crippen molar-refractivity contribution in [2.24, 2.45) is 5.92 Å². The van der Waals surface area contributed by atoms with Crippen molar-refractivity contribution in [2.45, 2.75) is 26.3 Å². The summed E-state index contributed by atoms with van der Waals surface area (Å²) in [6.07, 6.45) is 0.325. The fourth-order valence-corrected chi connectivity index (χ4v) is 1.35. The Morgan fingerprint density at radius 1 is 1.38 bits per heavy atom. The number of nitrogens with one attached hydrogen (secondary N) is 1. The van der Waals surface area contributed by atoms with Crippen LogP contribution in [0.15, 0.2) is 30.3 Å². The molecule has 1 unspecified atom stereocenters. The molecule has 0 spiro atoms. The van der Waals surface area contributed by atoms with E-state index in [-0.39, 0.29) is 11.8 Å². The second-order valence-electron chi connectivity index (χ2n) is 4.08. The highest BCUT2D eigenvalue weighted by Gasteiger charge is 2.14. The lowest BCUT2D eigenvalue weighted by molar-refractivity contribution is -0.121. The summed E-state index contributed by atoms with van der Waals surface area (Å²) in [6, 6.07) is 11.2. The summed E-state index contributed by atoms with van der Waals surface area (Å²) < 4.78 is 0. The number of nitriles is 1. The summed E-state index contributed by atoms with van der Waals surface area (Å²) in [5.41, 5.74) is 0.959. The molecule has 0 bridgehead atoms. The molecule has 1 N–H and O–H groups in total. The Balaban J connectivity index is 2.52. The van der Waals surface area contributed by atoms with E-state index >= 15 is 0 Å². The van der Waals surface area contributed by atoms with Gasteiger partial charge in [0.05, 0.1) is 12.5 Å². The molecule has 1 rings (SSSR count). The monoisotopic (exact) mass is 216 g/mol. The van der Waals surface area contributed by atoms with Crippen LogP contribution in [0.4, 0.5) is 0 Å². The quantitative estimate of drug-likeness (QED) is 0.835. The van der Waals surface area contributed by atoms with Crippen LogP contribution in [0, 0.1) is 17.2 Å². The van der Waals surface area contributed by atoms with E-state index in [2.05, 4.69) is 11.4 Å². The SMILES string of the molecule is CC(C)C(C#N)NC(=O)Cc1ccccc1. The normalized spacial score (nSPS) is 11.9. The molecule has 0 saturated carbocycles. The summed E-state index contributed by atoms with van der Waals surface area (Å²) in [6.45, 7) is 3.83. The molecule has 16 heavy (non-hydrogen) atoms. The number of nitrogens with zero attached hydrogens (tertiary/aromatic N) is 1. The van der Waals surface area contributed by atoms with Crippen LogP contribution in [0.1, 0.15) is 19.4 Å². The Morgan fingerprint density at radius 2 is 2.00 bits per heavy atom. The maximum Gasteiger partial charge on any atom is 0.225 e. The van der Waals surface area contributed by atoms with Crippen molar-refractivity contribution in [3.05, 3.63) is 35.9 Å². The van der Waals surface area contributed by atoms with Crippen LogP contribution in [-0.2, 0) is 11.2 Å². The first-order chi connectivity index (χ1) is 7.63. The molecule has 0 aromatic heterocycles. The number of hydrogen-bond acceptors (Lipinski definition) is 2. The molecule has 0 aliphatic heterocycles. The molecule has 3 nitrogen and oxygen atoms in total. The highest BCUT2D eigenvalue weighted by atomic mass is 16.1. The fourth-order valence-electron chi connectivity index (χ4n) is 1.35. The van der Waals surface area contributed by atoms with Crippen molar-refractivity contribution in [3.63, 3.8) is 0 Å². The number of benzene rings is 1. The maximum atomic E-state index is 11.6. The van der Waals surface area contributed by atoms with E-state index in [1.54, 1.807) is 0 Å². The third-order valence-electron chi connectivity index (χ3n) is 2.33. The lowest BCUT2D eigenvalue weighted by Gasteiger charge is -2.14. The standard InChI is InChI=1S/C13H16N2O/c1-10(2)12(9-14)15-13(16)8-11-6-4-3-5-7-11/h3-7,10,12H,8H2,1-2H3,(H,15,16). The summed E-state index contributed by atoms with van der Waals surface area (Å²) in [5, 5.41) is 11.6. The molecule has 0 fully saturated rings. The van der Waals surface area contributed by atoms with Gasteiger partial charge in [0, 0.05) is 0 Å². The van der Waals surface area contributed by atoms with Crippen LogP contribution in [0.3, 0.4) is 0 Å². The smallest absolute Gasteiger partial charge is 0.225 e. The Hall–Kier alpha value is -1.82. The molecule has 1 aromatic rings. The van der Waals surface area contributed by atoms with E-state index in [0.29, 0.717) is 6.42 Å². The molecule has 1 atom stereocenters. The van der Waals surface area contributed by atoms with E-state index < -0.39 is 6.04 Å². The Bertz CT molecular complexity index is 379. The van der Waals surface area contributed by atoms with Crippen molar-refractivity contribution >= 4 is 5.91 Å². The fraction of sp³-hybridized carbons (Fsp3) is 0.385. The van der Waals surface area contributed by atoms with Gasteiger partial charge in [0.25, 0.3) is 0 Å². The van der Waals surface area contributed by atoms with E-state index in [9.17, 15) is 4.79 Å². The molecule has 0 heterocycles. The van der Waals surface area contributed by atoms with Gasteiger partial charge in [-0.3, -0.25) is 4.79 Å². The lowest BCUT2D eigenvalue weighted by Crippen LogP contribution is -2.38. The molecular weight excluding hydrogens is 200 g/mol. The van der Waals surface area contributed by atoms with Crippen molar-refractivity contribution < 1.29 is 4.79 Å². The number of rotatable bonds is 4. The molecule has 3 heteroatoms. The van der Waals surface area contributed by atoms with Gasteiger partial charge in [-0.1, -0.05) is 44.2 Å². The zero-order valence-electron chi connectivity index (χ0n) is 9.60. The van der Waals surface area contributed by atoms with Gasteiger partial charge in [-0.2, -0.15) is 5.26 Å². The average Bonchev–Trinajstić information content (AvgIpc) is 2.27. The van der Waals surface area contributed by atoms with Crippen molar-refractivity contribution in [3.8, 4) is 6.07 Å². The molecule has 0 radical (unpaired) electrons. The van der Waals surface area contributed by atoms with Crippen LogP contribution >= 0.6 is 0 Å². The molecule has 0 aliphatic carbocycles. The zero-order chi connectivity index (χ0) is 12.0. The minimum absolute atomic E-state index is 0.105. The van der Waals surface area contributed by atoms with Crippen molar-refractivity contribution in [1.29, 1.82) is 5.26 Å². The second-order valence-corrected chi connectivity index (χ2v) is 4.08. The molecular formula is C13H16N2O. The van der Waals surface area contributed by atoms with Gasteiger partial charge in [0.2, 0.25) is 5.91 Å².